The monoisotopic (exact) mass is 273 g/mol. The lowest BCUT2D eigenvalue weighted by molar-refractivity contribution is 0.317. The van der Waals surface area contributed by atoms with Crippen LogP contribution >= 0.6 is 0 Å². The largest absolute Gasteiger partial charge is 0.497 e. The molecule has 2 aromatic rings. The van der Waals surface area contributed by atoms with E-state index in [9.17, 15) is 0 Å². The molecule has 0 bridgehead atoms. The second kappa shape index (κ2) is 5.63. The van der Waals surface area contributed by atoms with E-state index in [4.69, 9.17) is 9.26 Å². The number of rotatable bonds is 4. The fourth-order valence-corrected chi connectivity index (χ4v) is 2.60. The van der Waals surface area contributed by atoms with Crippen LogP contribution in [-0.2, 0) is 6.42 Å². The Balaban J connectivity index is 1.73. The minimum absolute atomic E-state index is 0.196. The molecule has 5 nitrogen and oxygen atoms in total. The smallest absolute Gasteiger partial charge is 0.244 e. The molecule has 1 aliphatic heterocycles. The van der Waals surface area contributed by atoms with E-state index in [2.05, 4.69) is 22.4 Å². The van der Waals surface area contributed by atoms with Crippen LogP contribution in [0.4, 0.5) is 0 Å². The predicted molar refractivity (Wildman–Crippen MR) is 74.6 cm³/mol. The summed E-state index contributed by atoms with van der Waals surface area (Å²) in [5.74, 6) is 2.81. The molecule has 2 heterocycles. The molecule has 0 radical (unpaired) electrons. The van der Waals surface area contributed by atoms with E-state index in [0.717, 1.165) is 24.3 Å². The highest BCUT2D eigenvalue weighted by Gasteiger charge is 2.29. The van der Waals surface area contributed by atoms with Gasteiger partial charge in [0.15, 0.2) is 5.82 Å². The molecular weight excluding hydrogens is 254 g/mol. The molecule has 20 heavy (non-hydrogen) atoms. The maximum atomic E-state index is 5.39. The molecule has 0 aliphatic carbocycles. The van der Waals surface area contributed by atoms with Crippen molar-refractivity contribution in [2.45, 2.75) is 25.8 Å². The maximum absolute atomic E-state index is 5.39. The quantitative estimate of drug-likeness (QED) is 0.926. The highest BCUT2D eigenvalue weighted by molar-refractivity contribution is 5.30. The highest BCUT2D eigenvalue weighted by atomic mass is 16.5. The summed E-state index contributed by atoms with van der Waals surface area (Å²) in [6.07, 6.45) is 1.81. The van der Waals surface area contributed by atoms with Crippen molar-refractivity contribution in [2.75, 3.05) is 13.7 Å². The summed E-state index contributed by atoms with van der Waals surface area (Å²) in [5, 5.41) is 7.48. The van der Waals surface area contributed by atoms with E-state index in [1.54, 1.807) is 7.11 Å². The van der Waals surface area contributed by atoms with Crippen molar-refractivity contribution in [3.8, 4) is 5.75 Å². The second-order valence-electron chi connectivity index (χ2n) is 5.27. The lowest BCUT2D eigenvalue weighted by Crippen LogP contribution is -2.16. The summed E-state index contributed by atoms with van der Waals surface area (Å²) in [7, 11) is 1.67. The van der Waals surface area contributed by atoms with Crippen molar-refractivity contribution in [1.29, 1.82) is 0 Å². The molecule has 0 saturated carbocycles. The van der Waals surface area contributed by atoms with E-state index in [-0.39, 0.29) is 6.04 Å². The summed E-state index contributed by atoms with van der Waals surface area (Å²) in [4.78, 5) is 4.51. The molecule has 0 spiro atoms. The number of hydrogen-bond acceptors (Lipinski definition) is 5. The van der Waals surface area contributed by atoms with Crippen LogP contribution in [0.2, 0.25) is 0 Å². The Morgan fingerprint density at radius 2 is 2.35 bits per heavy atom. The van der Waals surface area contributed by atoms with Crippen molar-refractivity contribution in [1.82, 2.24) is 15.5 Å². The molecule has 2 atom stereocenters. The van der Waals surface area contributed by atoms with Gasteiger partial charge in [0.2, 0.25) is 5.89 Å². The molecule has 1 fully saturated rings. The Kier molecular flexibility index (Phi) is 3.69. The Bertz CT molecular complexity index is 582. The van der Waals surface area contributed by atoms with Gasteiger partial charge < -0.3 is 14.6 Å². The van der Waals surface area contributed by atoms with Gasteiger partial charge in [-0.1, -0.05) is 24.2 Å². The van der Waals surface area contributed by atoms with E-state index in [0.29, 0.717) is 24.1 Å². The van der Waals surface area contributed by atoms with Crippen molar-refractivity contribution < 1.29 is 9.26 Å². The van der Waals surface area contributed by atoms with E-state index < -0.39 is 0 Å². The van der Waals surface area contributed by atoms with Gasteiger partial charge >= 0.3 is 0 Å². The second-order valence-corrected chi connectivity index (χ2v) is 5.27. The van der Waals surface area contributed by atoms with Crippen molar-refractivity contribution >= 4 is 0 Å². The average Bonchev–Trinajstić information content (AvgIpc) is 3.08. The summed E-state index contributed by atoms with van der Waals surface area (Å²) >= 11 is 0. The number of hydrogen-bond donors (Lipinski definition) is 1. The van der Waals surface area contributed by atoms with E-state index >= 15 is 0 Å². The first kappa shape index (κ1) is 13.1. The first-order chi connectivity index (χ1) is 9.76. The normalized spacial score (nSPS) is 22.1. The highest BCUT2D eigenvalue weighted by Crippen LogP contribution is 2.28. The molecule has 5 heteroatoms. The molecule has 0 amide bonds. The fourth-order valence-electron chi connectivity index (χ4n) is 2.60. The van der Waals surface area contributed by atoms with Gasteiger partial charge in [-0.3, -0.25) is 0 Å². The number of nitrogens with one attached hydrogen (secondary N) is 1. The van der Waals surface area contributed by atoms with Crippen LogP contribution in [0.15, 0.2) is 28.8 Å². The lowest BCUT2D eigenvalue weighted by atomic mass is 10.0. The van der Waals surface area contributed by atoms with E-state index in [1.165, 1.54) is 0 Å². The van der Waals surface area contributed by atoms with Gasteiger partial charge in [0.1, 0.15) is 5.75 Å². The van der Waals surface area contributed by atoms with Gasteiger partial charge in [-0.05, 0) is 36.6 Å². The molecule has 3 rings (SSSR count). The van der Waals surface area contributed by atoms with Gasteiger partial charge in [0, 0.05) is 6.42 Å². The number of nitrogens with zero attached hydrogens (tertiary/aromatic N) is 2. The van der Waals surface area contributed by atoms with Gasteiger partial charge in [-0.2, -0.15) is 4.98 Å². The molecule has 2 unspecified atom stereocenters. The minimum Gasteiger partial charge on any atom is -0.497 e. The predicted octanol–water partition coefficient (Wildman–Crippen LogP) is 2.34. The first-order valence-corrected chi connectivity index (χ1v) is 6.95. The number of benzene rings is 1. The van der Waals surface area contributed by atoms with E-state index in [1.807, 2.05) is 24.3 Å². The fraction of sp³-hybridized carbons (Fsp3) is 0.467. The SMILES string of the molecule is COc1cccc(Cc2noc(C3NCCC3C)n2)c1. The molecule has 1 saturated heterocycles. The molecular formula is C15H19N3O2. The van der Waals surface area contributed by atoms with Crippen molar-refractivity contribution in [3.05, 3.63) is 41.5 Å². The summed E-state index contributed by atoms with van der Waals surface area (Å²) in [6.45, 7) is 3.22. The maximum Gasteiger partial charge on any atom is 0.244 e. The third-order valence-corrected chi connectivity index (χ3v) is 3.78. The molecule has 1 N–H and O–H groups in total. The zero-order chi connectivity index (χ0) is 13.9. The van der Waals surface area contributed by atoms with Crippen LogP contribution < -0.4 is 10.1 Å². The summed E-state index contributed by atoms with van der Waals surface area (Å²) in [6, 6.07) is 8.12. The molecule has 1 aromatic carbocycles. The third-order valence-electron chi connectivity index (χ3n) is 3.78. The standard InChI is InChI=1S/C15H19N3O2/c1-10-6-7-16-14(10)15-17-13(18-20-15)9-11-4-3-5-12(8-11)19-2/h3-5,8,10,14,16H,6-7,9H2,1-2H3. The minimum atomic E-state index is 0.196. The van der Waals surface area contributed by atoms with Crippen LogP contribution in [0.1, 0.15) is 36.7 Å². The molecule has 106 valence electrons. The topological polar surface area (TPSA) is 60.2 Å². The van der Waals surface area contributed by atoms with Gasteiger partial charge in [-0.15, -0.1) is 0 Å². The van der Waals surface area contributed by atoms with Crippen LogP contribution in [-0.4, -0.2) is 23.8 Å². The lowest BCUT2D eigenvalue weighted by Gasteiger charge is -2.09. The Morgan fingerprint density at radius 1 is 1.45 bits per heavy atom. The van der Waals surface area contributed by atoms with Crippen LogP contribution in [0.3, 0.4) is 0 Å². The third kappa shape index (κ3) is 2.67. The first-order valence-electron chi connectivity index (χ1n) is 6.95. The molecule has 1 aromatic heterocycles. The van der Waals surface area contributed by atoms with Crippen LogP contribution in [0.25, 0.3) is 0 Å². The van der Waals surface area contributed by atoms with Gasteiger partial charge in [0.25, 0.3) is 0 Å². The van der Waals surface area contributed by atoms with Crippen molar-refractivity contribution in [2.24, 2.45) is 5.92 Å². The summed E-state index contributed by atoms with van der Waals surface area (Å²) in [5.41, 5.74) is 1.11. The number of methoxy groups -OCH3 is 1. The summed E-state index contributed by atoms with van der Waals surface area (Å²) < 4.78 is 10.6. The Labute approximate surface area is 118 Å². The van der Waals surface area contributed by atoms with Gasteiger partial charge in [0.05, 0.1) is 13.2 Å². The zero-order valence-corrected chi connectivity index (χ0v) is 11.8. The Morgan fingerprint density at radius 3 is 3.10 bits per heavy atom. The number of aromatic nitrogens is 2. The van der Waals surface area contributed by atoms with Crippen molar-refractivity contribution in [3.63, 3.8) is 0 Å². The van der Waals surface area contributed by atoms with Crippen LogP contribution in [0, 0.1) is 5.92 Å². The average molecular weight is 273 g/mol. The Hall–Kier alpha value is -1.88. The van der Waals surface area contributed by atoms with Crippen LogP contribution in [0.5, 0.6) is 5.75 Å². The zero-order valence-electron chi connectivity index (χ0n) is 11.8. The molecule has 1 aliphatic rings. The van der Waals surface area contributed by atoms with Gasteiger partial charge in [-0.25, -0.2) is 0 Å². The number of ether oxygens (including phenoxy) is 1.